The van der Waals surface area contributed by atoms with Crippen LogP contribution in [0.1, 0.15) is 34.3 Å². The number of hydrogen-bond donors (Lipinski definition) is 1. The summed E-state index contributed by atoms with van der Waals surface area (Å²) in [7, 11) is 1.60. The minimum atomic E-state index is -0.296. The molecule has 0 bridgehead atoms. The van der Waals surface area contributed by atoms with E-state index in [0.717, 1.165) is 16.7 Å². The molecule has 0 aliphatic carbocycles. The first-order valence-electron chi connectivity index (χ1n) is 12.0. The van der Waals surface area contributed by atoms with E-state index in [4.69, 9.17) is 9.84 Å². The molecule has 2 heterocycles. The molecule has 8 nitrogen and oxygen atoms in total. The fourth-order valence-electron chi connectivity index (χ4n) is 4.30. The fraction of sp³-hybridized carbons (Fsp3) is 0.172. The second kappa shape index (κ2) is 10.5. The van der Waals surface area contributed by atoms with Gasteiger partial charge in [-0.25, -0.2) is 0 Å². The number of methoxy groups -OCH3 is 1. The van der Waals surface area contributed by atoms with E-state index in [2.05, 4.69) is 5.32 Å². The zero-order valence-electron chi connectivity index (χ0n) is 20.4. The number of anilines is 1. The van der Waals surface area contributed by atoms with E-state index < -0.39 is 0 Å². The van der Waals surface area contributed by atoms with Crippen LogP contribution in [0.15, 0.2) is 85.1 Å². The highest BCUT2D eigenvalue weighted by Gasteiger charge is 2.28. The maximum absolute atomic E-state index is 13.4. The lowest BCUT2D eigenvalue weighted by Crippen LogP contribution is -2.28. The largest absolute Gasteiger partial charge is 0.497 e. The number of hydrogen-bond acceptors (Lipinski definition) is 5. The van der Waals surface area contributed by atoms with Gasteiger partial charge in [-0.1, -0.05) is 54.6 Å². The highest BCUT2D eigenvalue weighted by molar-refractivity contribution is 6.08. The van der Waals surface area contributed by atoms with E-state index in [9.17, 15) is 14.4 Å². The van der Waals surface area contributed by atoms with Crippen molar-refractivity contribution in [1.29, 1.82) is 0 Å². The number of rotatable bonds is 8. The molecule has 0 spiro atoms. The summed E-state index contributed by atoms with van der Waals surface area (Å²) >= 11 is 0. The maximum Gasteiger partial charge on any atom is 0.259 e. The van der Waals surface area contributed by atoms with Crippen molar-refractivity contribution in [2.24, 2.45) is 0 Å². The molecule has 1 saturated heterocycles. The number of amides is 3. The van der Waals surface area contributed by atoms with Crippen LogP contribution in [0, 0.1) is 0 Å². The normalized spacial score (nSPS) is 13.2. The molecule has 1 fully saturated rings. The molecule has 1 aromatic heterocycles. The Morgan fingerprint density at radius 1 is 0.892 bits per heavy atom. The molecule has 3 amide bonds. The van der Waals surface area contributed by atoms with Crippen LogP contribution in [0.2, 0.25) is 0 Å². The predicted molar refractivity (Wildman–Crippen MR) is 139 cm³/mol. The number of carbonyl (C=O) groups is 3. The molecule has 1 N–H and O–H groups in total. The van der Waals surface area contributed by atoms with Gasteiger partial charge < -0.3 is 10.1 Å². The molecular formula is C29H26N4O4. The molecular weight excluding hydrogens is 468 g/mol. The van der Waals surface area contributed by atoms with Gasteiger partial charge in [-0.3, -0.25) is 24.0 Å². The Morgan fingerprint density at radius 3 is 2.30 bits per heavy atom. The Bertz CT molecular complexity index is 1430. The van der Waals surface area contributed by atoms with Gasteiger partial charge in [0.2, 0.25) is 11.8 Å². The molecule has 4 aromatic rings. The van der Waals surface area contributed by atoms with Crippen LogP contribution in [0.4, 0.5) is 5.69 Å². The monoisotopic (exact) mass is 494 g/mol. The van der Waals surface area contributed by atoms with E-state index in [-0.39, 0.29) is 37.1 Å². The van der Waals surface area contributed by atoms with E-state index in [0.29, 0.717) is 29.2 Å². The molecule has 1 aliphatic rings. The van der Waals surface area contributed by atoms with Crippen molar-refractivity contribution in [3.63, 3.8) is 0 Å². The summed E-state index contributed by atoms with van der Waals surface area (Å²) in [5.74, 6) is 0.0710. The van der Waals surface area contributed by atoms with Gasteiger partial charge in [0.25, 0.3) is 5.91 Å². The first-order chi connectivity index (χ1) is 18.0. The van der Waals surface area contributed by atoms with Crippen LogP contribution in [0.5, 0.6) is 5.75 Å². The third kappa shape index (κ3) is 5.43. The molecule has 1 aliphatic heterocycles. The summed E-state index contributed by atoms with van der Waals surface area (Å²) in [5, 5.41) is 7.67. The fourth-order valence-corrected chi connectivity index (χ4v) is 4.30. The van der Waals surface area contributed by atoms with Crippen LogP contribution in [-0.4, -0.2) is 39.5 Å². The molecule has 0 unspecified atom stereocenters. The Balaban J connectivity index is 1.38. The van der Waals surface area contributed by atoms with Gasteiger partial charge in [-0.15, -0.1) is 0 Å². The lowest BCUT2D eigenvalue weighted by Gasteiger charge is -2.14. The Labute approximate surface area is 214 Å². The minimum Gasteiger partial charge on any atom is -0.497 e. The number of nitrogens with one attached hydrogen (secondary N) is 1. The summed E-state index contributed by atoms with van der Waals surface area (Å²) in [6.45, 7) is 0.756. The number of ether oxygens (including phenoxy) is 1. The molecule has 3 aromatic carbocycles. The summed E-state index contributed by atoms with van der Waals surface area (Å²) in [6, 6.07) is 24.5. The Morgan fingerprint density at radius 2 is 1.59 bits per heavy atom. The van der Waals surface area contributed by atoms with Crippen molar-refractivity contribution in [2.45, 2.75) is 25.9 Å². The maximum atomic E-state index is 13.4. The quantitative estimate of drug-likeness (QED) is 0.364. The predicted octanol–water partition coefficient (Wildman–Crippen LogP) is 4.51. The van der Waals surface area contributed by atoms with Crippen LogP contribution in [0.25, 0.3) is 11.3 Å². The lowest BCUT2D eigenvalue weighted by molar-refractivity contribution is -0.139. The van der Waals surface area contributed by atoms with Gasteiger partial charge in [-0.2, -0.15) is 5.10 Å². The average Bonchev–Trinajstić information content (AvgIpc) is 3.49. The van der Waals surface area contributed by atoms with Gasteiger partial charge in [0.15, 0.2) is 0 Å². The number of carbonyl (C=O) groups excluding carboxylic acids is 3. The minimum absolute atomic E-state index is 0.153. The zero-order chi connectivity index (χ0) is 25.8. The number of nitrogens with zero attached hydrogens (tertiary/aromatic N) is 3. The van der Waals surface area contributed by atoms with Gasteiger partial charge in [-0.05, 0) is 35.4 Å². The first kappa shape index (κ1) is 24.0. The van der Waals surface area contributed by atoms with Gasteiger partial charge >= 0.3 is 0 Å². The SMILES string of the molecule is COc1cccc(-c2nn(Cc3ccccc3)cc2C(=O)Nc2ccc(CN3C(=O)CCC3=O)cc2)c1. The summed E-state index contributed by atoms with van der Waals surface area (Å²) in [6.07, 6.45) is 2.28. The highest BCUT2D eigenvalue weighted by Crippen LogP contribution is 2.27. The third-order valence-electron chi connectivity index (χ3n) is 6.24. The number of likely N-dealkylation sites (tertiary alicyclic amines) is 1. The molecule has 186 valence electrons. The second-order valence-corrected chi connectivity index (χ2v) is 8.83. The molecule has 5 rings (SSSR count). The standard InChI is InChI=1S/C29H26N4O4/c1-37-24-9-5-8-22(16-24)28-25(19-32(31-28)17-20-6-3-2-4-7-20)29(36)30-23-12-10-21(11-13-23)18-33-26(34)14-15-27(33)35/h2-13,16,19H,14-15,17-18H2,1H3,(H,30,36). The van der Waals surface area contributed by atoms with Gasteiger partial charge in [0.1, 0.15) is 11.4 Å². The van der Waals surface area contributed by atoms with Gasteiger partial charge in [0.05, 0.1) is 25.8 Å². The first-order valence-corrected chi connectivity index (χ1v) is 12.0. The summed E-state index contributed by atoms with van der Waals surface area (Å²) in [4.78, 5) is 38.5. The zero-order valence-corrected chi connectivity index (χ0v) is 20.4. The van der Waals surface area contributed by atoms with Crippen molar-refractivity contribution in [3.05, 3.63) is 102 Å². The van der Waals surface area contributed by atoms with Crippen molar-refractivity contribution in [3.8, 4) is 17.0 Å². The van der Waals surface area contributed by atoms with Crippen LogP contribution in [0.3, 0.4) is 0 Å². The molecule has 0 atom stereocenters. The highest BCUT2D eigenvalue weighted by atomic mass is 16.5. The number of benzene rings is 3. The number of imide groups is 1. The Hall–Kier alpha value is -4.72. The topological polar surface area (TPSA) is 93.5 Å². The summed E-state index contributed by atoms with van der Waals surface area (Å²) < 4.78 is 7.12. The van der Waals surface area contributed by atoms with E-state index in [1.54, 1.807) is 42.3 Å². The molecule has 0 saturated carbocycles. The van der Waals surface area contributed by atoms with Crippen LogP contribution in [-0.2, 0) is 22.7 Å². The van der Waals surface area contributed by atoms with Crippen molar-refractivity contribution >= 4 is 23.4 Å². The second-order valence-electron chi connectivity index (χ2n) is 8.83. The third-order valence-corrected chi connectivity index (χ3v) is 6.24. The van der Waals surface area contributed by atoms with E-state index in [1.807, 2.05) is 54.6 Å². The molecule has 8 heteroatoms. The average molecular weight is 495 g/mol. The van der Waals surface area contributed by atoms with Crippen LogP contribution >= 0.6 is 0 Å². The summed E-state index contributed by atoms with van der Waals surface area (Å²) in [5.41, 5.74) is 4.23. The Kier molecular flexibility index (Phi) is 6.81. The van der Waals surface area contributed by atoms with Gasteiger partial charge in [0, 0.05) is 30.3 Å². The molecule has 37 heavy (non-hydrogen) atoms. The van der Waals surface area contributed by atoms with Crippen molar-refractivity contribution < 1.29 is 19.1 Å². The smallest absolute Gasteiger partial charge is 0.259 e. The molecule has 0 radical (unpaired) electrons. The number of aromatic nitrogens is 2. The van der Waals surface area contributed by atoms with Crippen molar-refractivity contribution in [2.75, 3.05) is 12.4 Å². The van der Waals surface area contributed by atoms with E-state index >= 15 is 0 Å². The lowest BCUT2D eigenvalue weighted by atomic mass is 10.1. The van der Waals surface area contributed by atoms with Crippen LogP contribution < -0.4 is 10.1 Å². The van der Waals surface area contributed by atoms with Crippen molar-refractivity contribution in [1.82, 2.24) is 14.7 Å². The van der Waals surface area contributed by atoms with E-state index in [1.165, 1.54) is 4.90 Å².